The number of carbonyl (C=O) groups is 2. The van der Waals surface area contributed by atoms with Gasteiger partial charge in [0, 0.05) is 48.3 Å². The van der Waals surface area contributed by atoms with Crippen LogP contribution in [-0.4, -0.2) is 49.9 Å². The number of anilines is 3. The summed E-state index contributed by atoms with van der Waals surface area (Å²) in [6, 6.07) is 14.2. The minimum Gasteiger partial charge on any atom is -0.369 e. The highest BCUT2D eigenvalue weighted by atomic mass is 35.5. The van der Waals surface area contributed by atoms with E-state index >= 15 is 0 Å². The maximum Gasteiger partial charge on any atom is 0.314 e. The van der Waals surface area contributed by atoms with Gasteiger partial charge in [-0.05, 0) is 49.5 Å². The molecule has 0 saturated carbocycles. The Balaban J connectivity index is 1.56. The molecule has 2 aromatic rings. The number of halogens is 1. The van der Waals surface area contributed by atoms with Gasteiger partial charge in [-0.3, -0.25) is 9.59 Å². The Kier molecular flexibility index (Phi) is 5.75. The number of amides is 2. The van der Waals surface area contributed by atoms with E-state index in [9.17, 15) is 9.59 Å². The highest BCUT2D eigenvalue weighted by molar-refractivity contribution is 6.43. The molecule has 3 rings (SSSR count). The van der Waals surface area contributed by atoms with Crippen molar-refractivity contribution in [1.82, 2.24) is 4.90 Å². The molecule has 2 aromatic carbocycles. The molecule has 26 heavy (non-hydrogen) atoms. The summed E-state index contributed by atoms with van der Waals surface area (Å²) >= 11 is 5.87. The lowest BCUT2D eigenvalue weighted by molar-refractivity contribution is -0.132. The van der Waals surface area contributed by atoms with E-state index in [0.717, 1.165) is 31.9 Å². The normalized spacial score (nSPS) is 14.8. The third kappa shape index (κ3) is 4.74. The van der Waals surface area contributed by atoms with Crippen molar-refractivity contribution in [3.05, 3.63) is 53.6 Å². The van der Waals surface area contributed by atoms with E-state index in [1.807, 2.05) is 12.1 Å². The lowest BCUT2D eigenvalue weighted by Gasteiger charge is -2.34. The zero-order chi connectivity index (χ0) is 18.5. The first kappa shape index (κ1) is 18.2. The molecule has 0 spiro atoms. The highest BCUT2D eigenvalue weighted by Crippen LogP contribution is 2.19. The molecule has 2 amide bonds. The minimum absolute atomic E-state index is 0.475. The van der Waals surface area contributed by atoms with Gasteiger partial charge in [-0.25, -0.2) is 0 Å². The molecule has 0 unspecified atom stereocenters. The van der Waals surface area contributed by atoms with Crippen LogP contribution in [0.3, 0.4) is 0 Å². The van der Waals surface area contributed by atoms with Crippen LogP contribution in [0.5, 0.6) is 0 Å². The van der Waals surface area contributed by atoms with Crippen molar-refractivity contribution >= 4 is 40.5 Å². The number of rotatable bonds is 3. The Hall–Kier alpha value is -2.57. The van der Waals surface area contributed by atoms with Gasteiger partial charge in [-0.2, -0.15) is 0 Å². The molecular weight excluding hydrogens is 352 g/mol. The molecule has 0 radical (unpaired) electrons. The van der Waals surface area contributed by atoms with E-state index in [1.165, 1.54) is 0 Å². The second-order valence-corrected chi connectivity index (χ2v) is 6.69. The molecular formula is C19H21ClN4O2. The third-order valence-corrected chi connectivity index (χ3v) is 4.52. The van der Waals surface area contributed by atoms with Crippen LogP contribution in [0.4, 0.5) is 17.1 Å². The average molecular weight is 373 g/mol. The van der Waals surface area contributed by atoms with Gasteiger partial charge < -0.3 is 20.4 Å². The largest absolute Gasteiger partial charge is 0.369 e. The summed E-state index contributed by atoms with van der Waals surface area (Å²) in [7, 11) is 2.12. The van der Waals surface area contributed by atoms with Crippen molar-refractivity contribution in [2.75, 3.05) is 48.8 Å². The molecule has 0 atom stereocenters. The van der Waals surface area contributed by atoms with Gasteiger partial charge in [0.25, 0.3) is 0 Å². The molecule has 0 aliphatic carbocycles. The highest BCUT2D eigenvalue weighted by Gasteiger charge is 2.16. The third-order valence-electron chi connectivity index (χ3n) is 4.28. The molecule has 1 aliphatic heterocycles. The van der Waals surface area contributed by atoms with E-state index in [2.05, 4.69) is 27.5 Å². The molecule has 0 aromatic heterocycles. The van der Waals surface area contributed by atoms with Crippen molar-refractivity contribution in [2.45, 2.75) is 0 Å². The van der Waals surface area contributed by atoms with Crippen molar-refractivity contribution in [2.24, 2.45) is 0 Å². The maximum atomic E-state index is 12.1. The van der Waals surface area contributed by atoms with E-state index in [1.54, 1.807) is 36.4 Å². The van der Waals surface area contributed by atoms with Gasteiger partial charge in [-0.15, -0.1) is 0 Å². The molecule has 136 valence electrons. The summed E-state index contributed by atoms with van der Waals surface area (Å²) in [6.45, 7) is 4.01. The summed E-state index contributed by atoms with van der Waals surface area (Å²) in [5.74, 6) is -1.47. The zero-order valence-electron chi connectivity index (χ0n) is 14.5. The number of carbonyl (C=O) groups excluding carboxylic acids is 2. The molecule has 1 heterocycles. The average Bonchev–Trinajstić information content (AvgIpc) is 2.63. The predicted molar refractivity (Wildman–Crippen MR) is 105 cm³/mol. The van der Waals surface area contributed by atoms with Gasteiger partial charge in [0.05, 0.1) is 0 Å². The van der Waals surface area contributed by atoms with Gasteiger partial charge >= 0.3 is 11.8 Å². The lowest BCUT2D eigenvalue weighted by atomic mass is 10.2. The first-order valence-electron chi connectivity index (χ1n) is 8.43. The van der Waals surface area contributed by atoms with Gasteiger partial charge in [0.2, 0.25) is 0 Å². The second kappa shape index (κ2) is 8.21. The Morgan fingerprint density at radius 2 is 1.50 bits per heavy atom. The van der Waals surface area contributed by atoms with Gasteiger partial charge in [0.15, 0.2) is 0 Å². The molecule has 6 nitrogen and oxygen atoms in total. The van der Waals surface area contributed by atoms with Crippen molar-refractivity contribution in [3.8, 4) is 0 Å². The van der Waals surface area contributed by atoms with Crippen LogP contribution in [-0.2, 0) is 9.59 Å². The fraction of sp³-hybridized carbons (Fsp3) is 0.263. The second-order valence-electron chi connectivity index (χ2n) is 6.26. The summed E-state index contributed by atoms with van der Waals surface area (Å²) < 4.78 is 0. The lowest BCUT2D eigenvalue weighted by Crippen LogP contribution is -2.44. The number of benzene rings is 2. The number of piperazine rings is 1. The van der Waals surface area contributed by atoms with E-state index in [4.69, 9.17) is 11.6 Å². The van der Waals surface area contributed by atoms with Gasteiger partial charge in [0.1, 0.15) is 0 Å². The predicted octanol–water partition coefficient (Wildman–Crippen LogP) is 2.67. The Morgan fingerprint density at radius 1 is 0.885 bits per heavy atom. The number of nitrogens with one attached hydrogen (secondary N) is 2. The van der Waals surface area contributed by atoms with E-state index in [0.29, 0.717) is 16.4 Å². The van der Waals surface area contributed by atoms with Crippen LogP contribution < -0.4 is 15.5 Å². The molecule has 1 saturated heterocycles. The standard InChI is InChI=1S/C19H21ClN4O2/c1-23-9-11-24(12-10-23)17-7-5-15(6-8-17)21-18(25)19(26)22-16-4-2-3-14(20)13-16/h2-8,13H,9-12H2,1H3,(H,21,25)(H,22,26). The summed E-state index contributed by atoms with van der Waals surface area (Å²) in [4.78, 5) is 28.6. The van der Waals surface area contributed by atoms with Crippen LogP contribution in [0.1, 0.15) is 0 Å². The van der Waals surface area contributed by atoms with Crippen molar-refractivity contribution in [3.63, 3.8) is 0 Å². The van der Waals surface area contributed by atoms with Crippen molar-refractivity contribution < 1.29 is 9.59 Å². The first-order chi connectivity index (χ1) is 12.5. The van der Waals surface area contributed by atoms with Crippen LogP contribution in [0.15, 0.2) is 48.5 Å². The van der Waals surface area contributed by atoms with E-state index in [-0.39, 0.29) is 0 Å². The molecule has 1 aliphatic rings. The van der Waals surface area contributed by atoms with Crippen LogP contribution >= 0.6 is 11.6 Å². The SMILES string of the molecule is CN1CCN(c2ccc(NC(=O)C(=O)Nc3cccc(Cl)c3)cc2)CC1. The fourth-order valence-electron chi connectivity index (χ4n) is 2.76. The number of nitrogens with zero attached hydrogens (tertiary/aromatic N) is 2. The zero-order valence-corrected chi connectivity index (χ0v) is 15.3. The van der Waals surface area contributed by atoms with Crippen LogP contribution in [0.2, 0.25) is 5.02 Å². The van der Waals surface area contributed by atoms with Crippen molar-refractivity contribution in [1.29, 1.82) is 0 Å². The molecule has 7 heteroatoms. The van der Waals surface area contributed by atoms with Crippen LogP contribution in [0, 0.1) is 0 Å². The summed E-state index contributed by atoms with van der Waals surface area (Å²) in [5.41, 5.74) is 2.16. The summed E-state index contributed by atoms with van der Waals surface area (Å²) in [5, 5.41) is 5.61. The quantitative estimate of drug-likeness (QED) is 0.813. The summed E-state index contributed by atoms with van der Waals surface area (Å²) in [6.07, 6.45) is 0. The van der Waals surface area contributed by atoms with Gasteiger partial charge in [-0.1, -0.05) is 17.7 Å². The molecule has 1 fully saturated rings. The first-order valence-corrected chi connectivity index (χ1v) is 8.80. The monoisotopic (exact) mass is 372 g/mol. The number of likely N-dealkylation sites (N-methyl/N-ethyl adjacent to an activating group) is 1. The van der Waals surface area contributed by atoms with Crippen LogP contribution in [0.25, 0.3) is 0 Å². The number of hydrogen-bond donors (Lipinski definition) is 2. The Labute approximate surface area is 157 Å². The smallest absolute Gasteiger partial charge is 0.314 e. The molecule has 0 bridgehead atoms. The molecule has 2 N–H and O–H groups in total. The minimum atomic E-state index is -0.740. The maximum absolute atomic E-state index is 12.1. The Bertz CT molecular complexity index is 786. The van der Waals surface area contributed by atoms with E-state index < -0.39 is 11.8 Å². The topological polar surface area (TPSA) is 64.7 Å². The fourth-order valence-corrected chi connectivity index (χ4v) is 2.95. The number of hydrogen-bond acceptors (Lipinski definition) is 4. The Morgan fingerprint density at radius 3 is 2.12 bits per heavy atom.